The minimum atomic E-state index is -1.10. The molecule has 0 aliphatic heterocycles. The van der Waals surface area contributed by atoms with Gasteiger partial charge >= 0.3 is 0 Å². The van der Waals surface area contributed by atoms with E-state index in [0.717, 1.165) is 0 Å². The number of nitrogens with one attached hydrogen (secondary N) is 2. The third-order valence-electron chi connectivity index (χ3n) is 3.76. The normalized spacial score (nSPS) is 20.6. The van der Waals surface area contributed by atoms with Crippen molar-refractivity contribution in [1.82, 2.24) is 5.48 Å². The van der Waals surface area contributed by atoms with Crippen LogP contribution in [0.15, 0.2) is 41.3 Å². The Labute approximate surface area is 136 Å². The van der Waals surface area contributed by atoms with Gasteiger partial charge in [-0.2, -0.15) is 0 Å². The Hall–Kier alpha value is -1.99. The molecule has 0 heterocycles. The highest BCUT2D eigenvalue weighted by molar-refractivity contribution is 7.88. The van der Waals surface area contributed by atoms with Crippen LogP contribution in [0, 0.1) is 11.2 Å². The van der Waals surface area contributed by atoms with E-state index < -0.39 is 27.9 Å². The lowest BCUT2D eigenvalue weighted by Crippen LogP contribution is -2.36. The van der Waals surface area contributed by atoms with E-state index in [2.05, 4.69) is 5.32 Å². The van der Waals surface area contributed by atoms with Crippen LogP contribution < -0.4 is 10.8 Å². The number of carbonyl (C=O) groups is 1. The Bertz CT molecular complexity index is 713. The molecule has 1 aromatic rings. The lowest BCUT2D eigenvalue weighted by Gasteiger charge is -2.34. The van der Waals surface area contributed by atoms with Crippen LogP contribution in [0.5, 0.6) is 0 Å². The first kappa shape index (κ1) is 17.4. The average Bonchev–Trinajstić information content (AvgIpc) is 2.49. The van der Waals surface area contributed by atoms with Crippen molar-refractivity contribution >= 4 is 22.4 Å². The van der Waals surface area contributed by atoms with Gasteiger partial charge in [-0.1, -0.05) is 32.1 Å². The van der Waals surface area contributed by atoms with E-state index in [0.29, 0.717) is 4.91 Å². The van der Waals surface area contributed by atoms with Gasteiger partial charge in [-0.05, 0) is 18.2 Å². The van der Waals surface area contributed by atoms with E-state index in [4.69, 9.17) is 5.21 Å². The predicted octanol–water partition coefficient (Wildman–Crippen LogP) is 2.58. The number of benzene rings is 1. The number of hydroxylamine groups is 1. The van der Waals surface area contributed by atoms with Gasteiger partial charge in [-0.25, -0.2) is 9.87 Å². The Morgan fingerprint density at radius 2 is 2.09 bits per heavy atom. The molecule has 124 valence electrons. The smallest absolute Gasteiger partial charge is 0.276 e. The van der Waals surface area contributed by atoms with Gasteiger partial charge in [0.25, 0.3) is 5.91 Å². The summed E-state index contributed by atoms with van der Waals surface area (Å²) < 4.78 is 25.8. The van der Waals surface area contributed by atoms with Gasteiger partial charge in [-0.15, -0.1) is 0 Å². The summed E-state index contributed by atoms with van der Waals surface area (Å²) in [5, 5.41) is 11.8. The number of allylic oxidation sites excluding steroid dienone is 1. The lowest BCUT2D eigenvalue weighted by molar-refractivity contribution is 0.0706. The highest BCUT2D eigenvalue weighted by Crippen LogP contribution is 2.34. The minimum absolute atomic E-state index is 0.00513. The zero-order chi connectivity index (χ0) is 17.2. The van der Waals surface area contributed by atoms with Crippen molar-refractivity contribution in [2.45, 2.75) is 19.9 Å². The number of anilines is 1. The van der Waals surface area contributed by atoms with Gasteiger partial charge in [0.15, 0.2) is 0 Å². The summed E-state index contributed by atoms with van der Waals surface area (Å²) in [5.74, 6) is -1.39. The Balaban J connectivity index is 2.36. The zero-order valence-corrected chi connectivity index (χ0v) is 13.9. The zero-order valence-electron chi connectivity index (χ0n) is 13.1. The molecule has 2 unspecified atom stereocenters. The molecule has 0 spiro atoms. The van der Waals surface area contributed by atoms with Crippen LogP contribution in [0.3, 0.4) is 0 Å². The van der Waals surface area contributed by atoms with E-state index in [1.54, 1.807) is 18.4 Å². The van der Waals surface area contributed by atoms with Gasteiger partial charge in [-0.3, -0.25) is 14.2 Å². The lowest BCUT2D eigenvalue weighted by atomic mass is 9.81. The molecular weight excluding hydrogens is 319 g/mol. The molecule has 1 aliphatic rings. The summed E-state index contributed by atoms with van der Waals surface area (Å²) in [5.41, 5.74) is 1.09. The maximum Gasteiger partial charge on any atom is 0.276 e. The monoisotopic (exact) mass is 338 g/mol. The first-order valence-corrected chi connectivity index (χ1v) is 8.56. The molecule has 0 aromatic heterocycles. The van der Waals surface area contributed by atoms with Crippen LogP contribution in [-0.4, -0.2) is 27.6 Å². The van der Waals surface area contributed by atoms with Crippen molar-refractivity contribution in [2.75, 3.05) is 11.6 Å². The van der Waals surface area contributed by atoms with E-state index in [-0.39, 0.29) is 17.3 Å². The molecule has 0 radical (unpaired) electrons. The topological polar surface area (TPSA) is 78.4 Å². The summed E-state index contributed by atoms with van der Waals surface area (Å²) in [6.07, 6.45) is 6.99. The molecule has 3 N–H and O–H groups in total. The summed E-state index contributed by atoms with van der Waals surface area (Å²) >= 11 is 0. The van der Waals surface area contributed by atoms with E-state index >= 15 is 0 Å². The molecule has 2 rings (SSSR count). The number of hydrogen-bond acceptors (Lipinski definition) is 4. The molecule has 2 atom stereocenters. The molecule has 0 saturated carbocycles. The van der Waals surface area contributed by atoms with Crippen LogP contribution in [-0.2, 0) is 10.8 Å². The number of amides is 1. The molecule has 7 heteroatoms. The van der Waals surface area contributed by atoms with Crippen molar-refractivity contribution in [3.05, 3.63) is 52.7 Å². The average molecular weight is 338 g/mol. The van der Waals surface area contributed by atoms with E-state index in [1.807, 2.05) is 19.9 Å². The van der Waals surface area contributed by atoms with Crippen LogP contribution in [0.25, 0.3) is 0 Å². The van der Waals surface area contributed by atoms with Crippen molar-refractivity contribution in [3.8, 4) is 0 Å². The summed E-state index contributed by atoms with van der Waals surface area (Å²) in [6.45, 7) is 3.85. The van der Waals surface area contributed by atoms with Crippen LogP contribution >= 0.6 is 0 Å². The second-order valence-corrected chi connectivity index (χ2v) is 7.29. The molecule has 1 amide bonds. The fourth-order valence-electron chi connectivity index (χ4n) is 2.43. The van der Waals surface area contributed by atoms with Gasteiger partial charge in [0.1, 0.15) is 5.82 Å². The SMILES string of the molecule is CS(=O)C1=CC(C)(C)C(Nc2c(F)cccc2C(=O)NO)C=C1. The molecular formula is C16H19FN2O3S. The maximum absolute atomic E-state index is 14.1. The molecule has 0 fully saturated rings. The highest BCUT2D eigenvalue weighted by Gasteiger charge is 2.31. The first-order chi connectivity index (χ1) is 10.8. The standard InChI is InChI=1S/C16H19FN2O3S/c1-16(2)9-10(23(3)22)7-8-13(16)18-14-11(15(20)19-21)5-4-6-12(14)17/h4-9,13,18,21H,1-3H3,(H,19,20). The molecule has 1 aliphatic carbocycles. The quantitative estimate of drug-likeness (QED) is 0.582. The number of rotatable bonds is 4. The second-order valence-electron chi connectivity index (χ2n) is 5.91. The van der Waals surface area contributed by atoms with Crippen molar-refractivity contribution < 1.29 is 18.6 Å². The maximum atomic E-state index is 14.1. The number of hydrogen-bond donors (Lipinski definition) is 3. The number of para-hydroxylation sites is 1. The summed E-state index contributed by atoms with van der Waals surface area (Å²) in [7, 11) is -1.10. The third-order valence-corrected chi connectivity index (χ3v) is 4.68. The van der Waals surface area contributed by atoms with Gasteiger partial charge in [0, 0.05) is 27.4 Å². The van der Waals surface area contributed by atoms with Gasteiger partial charge < -0.3 is 5.32 Å². The van der Waals surface area contributed by atoms with Crippen molar-refractivity contribution in [1.29, 1.82) is 0 Å². The molecule has 1 aromatic carbocycles. The minimum Gasteiger partial charge on any atom is -0.375 e. The van der Waals surface area contributed by atoms with Crippen LogP contribution in [0.1, 0.15) is 24.2 Å². The predicted molar refractivity (Wildman–Crippen MR) is 88.1 cm³/mol. The second kappa shape index (κ2) is 6.64. The molecule has 0 bridgehead atoms. The number of carbonyl (C=O) groups excluding carboxylic acids is 1. The molecule has 0 saturated heterocycles. The summed E-state index contributed by atoms with van der Waals surface area (Å²) in [6, 6.07) is 3.74. The Morgan fingerprint density at radius 3 is 2.65 bits per heavy atom. The fourth-order valence-corrected chi connectivity index (χ4v) is 3.17. The van der Waals surface area contributed by atoms with Crippen LogP contribution in [0.2, 0.25) is 0 Å². The number of halogens is 1. The van der Waals surface area contributed by atoms with E-state index in [9.17, 15) is 13.4 Å². The molecule has 23 heavy (non-hydrogen) atoms. The summed E-state index contributed by atoms with van der Waals surface area (Å²) in [4.78, 5) is 12.4. The Kier molecular flexibility index (Phi) is 5.01. The largest absolute Gasteiger partial charge is 0.375 e. The highest BCUT2D eigenvalue weighted by atomic mass is 32.2. The van der Waals surface area contributed by atoms with Gasteiger partial charge in [0.2, 0.25) is 0 Å². The van der Waals surface area contributed by atoms with Crippen molar-refractivity contribution in [3.63, 3.8) is 0 Å². The van der Waals surface area contributed by atoms with E-state index in [1.165, 1.54) is 23.7 Å². The third kappa shape index (κ3) is 3.68. The first-order valence-electron chi connectivity index (χ1n) is 7.00. The fraction of sp³-hybridized carbons (Fsp3) is 0.312. The molecule has 5 nitrogen and oxygen atoms in total. The Morgan fingerprint density at radius 1 is 1.39 bits per heavy atom. The van der Waals surface area contributed by atoms with Gasteiger partial charge in [0.05, 0.1) is 17.3 Å². The van der Waals surface area contributed by atoms with Crippen molar-refractivity contribution in [2.24, 2.45) is 5.41 Å². The van der Waals surface area contributed by atoms with Crippen LogP contribution in [0.4, 0.5) is 10.1 Å².